The van der Waals surface area contributed by atoms with E-state index in [1.807, 2.05) is 6.07 Å². The molecule has 1 saturated carbocycles. The maximum Gasteiger partial charge on any atom is 0.471 e. The monoisotopic (exact) mass is 535 g/mol. The fourth-order valence-corrected chi connectivity index (χ4v) is 5.49. The van der Waals surface area contributed by atoms with Crippen molar-refractivity contribution in [2.24, 2.45) is 17.8 Å². The van der Waals surface area contributed by atoms with Gasteiger partial charge in [-0.1, -0.05) is 13.8 Å². The third kappa shape index (κ3) is 6.30. The number of carbonyl (C=O) groups excluding carboxylic acids is 4. The van der Waals surface area contributed by atoms with Crippen molar-refractivity contribution in [3.05, 3.63) is 0 Å². The van der Waals surface area contributed by atoms with Crippen LogP contribution in [0.5, 0.6) is 0 Å². The van der Waals surface area contributed by atoms with Gasteiger partial charge in [-0.2, -0.15) is 18.4 Å². The van der Waals surface area contributed by atoms with Crippen LogP contribution in [-0.2, 0) is 19.2 Å². The van der Waals surface area contributed by atoms with E-state index in [4.69, 9.17) is 0 Å². The Morgan fingerprint density at radius 3 is 2.38 bits per heavy atom. The number of fused-ring (bicyclic) bond motifs is 3. The van der Waals surface area contributed by atoms with E-state index in [2.05, 4.69) is 10.6 Å². The summed E-state index contributed by atoms with van der Waals surface area (Å²) in [6.07, 6.45) is -5.87. The maximum atomic E-state index is 14.9. The Labute approximate surface area is 210 Å². The number of nitrogens with zero attached hydrogens (tertiary/aromatic N) is 2. The lowest BCUT2D eigenvalue weighted by Crippen LogP contribution is -2.71. The molecule has 0 radical (unpaired) electrons. The van der Waals surface area contributed by atoms with Gasteiger partial charge in [0.05, 0.1) is 12.0 Å². The fourth-order valence-electron chi connectivity index (χ4n) is 5.49. The molecule has 4 rings (SSSR count). The Hall–Kier alpha value is -2.98. The van der Waals surface area contributed by atoms with E-state index >= 15 is 0 Å². The van der Waals surface area contributed by atoms with Crippen LogP contribution in [0.2, 0.25) is 0 Å². The van der Waals surface area contributed by atoms with E-state index in [-0.39, 0.29) is 37.5 Å². The molecule has 3 saturated heterocycles. The average Bonchev–Trinajstić information content (AvgIpc) is 3.19. The van der Waals surface area contributed by atoms with E-state index in [0.717, 1.165) is 4.90 Å². The lowest BCUT2D eigenvalue weighted by molar-refractivity contribution is -0.196. The Balaban J connectivity index is 1.87. The van der Waals surface area contributed by atoms with Crippen molar-refractivity contribution in [3.63, 3.8) is 0 Å². The highest BCUT2D eigenvalue weighted by molar-refractivity contribution is 5.94. The van der Waals surface area contributed by atoms with E-state index in [0.29, 0.717) is 13.0 Å². The summed E-state index contributed by atoms with van der Waals surface area (Å²) in [5.74, 6) is -10.6. The normalized spacial score (nSPS) is 28.3. The zero-order valence-electron chi connectivity index (χ0n) is 20.4. The summed E-state index contributed by atoms with van der Waals surface area (Å²) in [4.78, 5) is 51.1. The van der Waals surface area contributed by atoms with Crippen LogP contribution >= 0.6 is 0 Å². The summed E-state index contributed by atoms with van der Waals surface area (Å²) < 4.78 is 68.5. The molecule has 4 fully saturated rings. The van der Waals surface area contributed by atoms with E-state index in [1.54, 1.807) is 19.2 Å². The quantitative estimate of drug-likeness (QED) is 0.407. The van der Waals surface area contributed by atoms with Gasteiger partial charge in [-0.3, -0.25) is 19.2 Å². The van der Waals surface area contributed by atoms with Crippen molar-refractivity contribution in [1.29, 1.82) is 5.26 Å². The van der Waals surface area contributed by atoms with E-state index < -0.39 is 72.2 Å². The highest BCUT2D eigenvalue weighted by Gasteiger charge is 2.61. The van der Waals surface area contributed by atoms with Crippen LogP contribution < -0.4 is 16.0 Å². The predicted octanol–water partition coefficient (Wildman–Crippen LogP) is 1.63. The van der Waals surface area contributed by atoms with Gasteiger partial charge in [0.25, 0.3) is 5.92 Å². The molecule has 0 aromatic carbocycles. The second kappa shape index (κ2) is 10.8. The number of alkyl halides is 5. The highest BCUT2D eigenvalue weighted by atomic mass is 19.4. The molecule has 4 aliphatic rings. The third-order valence-corrected chi connectivity index (χ3v) is 7.18. The second-order valence-corrected chi connectivity index (χ2v) is 10.3. The molecule has 2 bridgehead atoms. The molecule has 6 atom stereocenters. The van der Waals surface area contributed by atoms with Crippen LogP contribution in [0.4, 0.5) is 22.0 Å². The van der Waals surface area contributed by atoms with Gasteiger partial charge in [-0.15, -0.1) is 0 Å². The maximum absolute atomic E-state index is 14.9. The first kappa shape index (κ1) is 28.6. The summed E-state index contributed by atoms with van der Waals surface area (Å²) >= 11 is 0. The molecule has 0 unspecified atom stereocenters. The molecule has 9 nitrogen and oxygen atoms in total. The van der Waals surface area contributed by atoms with Crippen LogP contribution in [0.15, 0.2) is 0 Å². The van der Waals surface area contributed by atoms with Crippen molar-refractivity contribution >= 4 is 23.6 Å². The smallest absolute Gasteiger partial charge is 0.356 e. The SMILES string of the molecule is CC(C)C[C@H](NC(=O)C(F)(F)F)C(=O)N1[C@H]2CC[C@@H]([C@@H]1C(=O)N[C@@H](C#N)C[C@@H]1CCNC1=O)C(F)(F)C2. The molecule has 14 heteroatoms. The number of halogens is 5. The Morgan fingerprint density at radius 2 is 1.86 bits per heavy atom. The zero-order chi connectivity index (χ0) is 27.7. The predicted molar refractivity (Wildman–Crippen MR) is 117 cm³/mol. The minimum absolute atomic E-state index is 0.0587. The van der Waals surface area contributed by atoms with Gasteiger partial charge in [0.2, 0.25) is 17.7 Å². The van der Waals surface area contributed by atoms with Gasteiger partial charge in [-0.25, -0.2) is 8.78 Å². The van der Waals surface area contributed by atoms with Crippen molar-refractivity contribution in [3.8, 4) is 6.07 Å². The molecule has 0 aromatic heterocycles. The van der Waals surface area contributed by atoms with Crippen LogP contribution in [0.1, 0.15) is 52.4 Å². The summed E-state index contributed by atoms with van der Waals surface area (Å²) in [7, 11) is 0. The number of nitriles is 1. The number of hydrogen-bond acceptors (Lipinski definition) is 5. The minimum Gasteiger partial charge on any atom is -0.356 e. The molecular formula is C23H30F5N5O4. The molecule has 3 heterocycles. The Bertz CT molecular complexity index is 966. The van der Waals surface area contributed by atoms with Crippen LogP contribution in [-0.4, -0.2) is 71.3 Å². The standard InChI is InChI=1S/C23H30F5N5O4/c1-11(2)7-16(32-21(37)23(26,27)28)20(36)33-14-3-4-15(22(24,25)9-14)17(33)19(35)31-13(10-29)8-12-5-6-30-18(12)34/h11-17H,3-9H2,1-2H3,(H,30,34)(H,31,35)(H,32,37)/t12-,13+,14-,15-,16-,17+/m0/s1. The molecule has 3 aliphatic heterocycles. The molecule has 1 aliphatic carbocycles. The lowest BCUT2D eigenvalue weighted by atomic mass is 9.71. The average molecular weight is 536 g/mol. The fraction of sp³-hybridized carbons (Fsp3) is 0.783. The van der Waals surface area contributed by atoms with Gasteiger partial charge in [0, 0.05) is 24.9 Å². The van der Waals surface area contributed by atoms with E-state index in [1.165, 1.54) is 0 Å². The van der Waals surface area contributed by atoms with E-state index in [9.17, 15) is 46.4 Å². The highest BCUT2D eigenvalue weighted by Crippen LogP contribution is 2.49. The summed E-state index contributed by atoms with van der Waals surface area (Å²) in [6, 6.07) is -3.94. The summed E-state index contributed by atoms with van der Waals surface area (Å²) in [5.41, 5.74) is 0. The minimum atomic E-state index is -5.27. The molecule has 0 spiro atoms. The molecule has 4 amide bonds. The van der Waals surface area contributed by atoms with Gasteiger partial charge in [-0.05, 0) is 38.0 Å². The van der Waals surface area contributed by atoms with Crippen molar-refractivity contribution in [2.75, 3.05) is 6.54 Å². The lowest BCUT2D eigenvalue weighted by Gasteiger charge is -2.54. The molecule has 0 aromatic rings. The second-order valence-electron chi connectivity index (χ2n) is 10.3. The number of amides is 4. The summed E-state index contributed by atoms with van der Waals surface area (Å²) in [6.45, 7) is 3.62. The first-order chi connectivity index (χ1) is 17.2. The largest absolute Gasteiger partial charge is 0.471 e. The number of hydrogen-bond donors (Lipinski definition) is 3. The molecule has 206 valence electrons. The summed E-state index contributed by atoms with van der Waals surface area (Å²) in [5, 5.41) is 16.1. The van der Waals surface area contributed by atoms with Gasteiger partial charge in [0.15, 0.2) is 0 Å². The third-order valence-electron chi connectivity index (χ3n) is 7.18. The number of carbonyl (C=O) groups is 4. The number of nitrogens with one attached hydrogen (secondary N) is 3. The zero-order valence-corrected chi connectivity index (χ0v) is 20.4. The molecular weight excluding hydrogens is 505 g/mol. The number of piperidine rings is 2. The van der Waals surface area contributed by atoms with Gasteiger partial charge >= 0.3 is 12.1 Å². The first-order valence-corrected chi connectivity index (χ1v) is 12.2. The van der Waals surface area contributed by atoms with Crippen molar-refractivity contribution in [2.45, 2.75) is 88.6 Å². The topological polar surface area (TPSA) is 131 Å². The Kier molecular flexibility index (Phi) is 8.34. The van der Waals surface area contributed by atoms with Gasteiger partial charge in [0.1, 0.15) is 18.1 Å². The first-order valence-electron chi connectivity index (χ1n) is 12.2. The van der Waals surface area contributed by atoms with Gasteiger partial charge < -0.3 is 20.9 Å². The van der Waals surface area contributed by atoms with Crippen LogP contribution in [0.25, 0.3) is 0 Å². The van der Waals surface area contributed by atoms with Crippen molar-refractivity contribution < 1.29 is 41.1 Å². The van der Waals surface area contributed by atoms with Crippen LogP contribution in [0.3, 0.4) is 0 Å². The Morgan fingerprint density at radius 1 is 1.19 bits per heavy atom. The van der Waals surface area contributed by atoms with Crippen molar-refractivity contribution in [1.82, 2.24) is 20.9 Å². The van der Waals surface area contributed by atoms with Crippen LogP contribution in [0, 0.1) is 29.1 Å². The molecule has 3 N–H and O–H groups in total. The molecule has 37 heavy (non-hydrogen) atoms. The number of rotatable bonds is 8.